The quantitative estimate of drug-likeness (QED) is 0.753. The molecular formula is C10H14FN3O. The highest BCUT2D eigenvalue weighted by atomic mass is 19.1. The summed E-state index contributed by atoms with van der Waals surface area (Å²) < 4.78 is 18.9. The second-order valence-electron chi connectivity index (χ2n) is 3.67. The van der Waals surface area contributed by atoms with Gasteiger partial charge in [0.15, 0.2) is 11.6 Å². The van der Waals surface area contributed by atoms with Gasteiger partial charge in [-0.25, -0.2) is 9.37 Å². The number of halogens is 1. The van der Waals surface area contributed by atoms with Crippen molar-refractivity contribution >= 4 is 11.6 Å². The molecule has 0 aliphatic carbocycles. The number of hydrogen-bond acceptors (Lipinski definition) is 4. The minimum Gasteiger partial charge on any atom is -0.384 e. The highest BCUT2D eigenvalue weighted by Crippen LogP contribution is 2.20. The molecule has 0 unspecified atom stereocenters. The zero-order chi connectivity index (χ0) is 10.8. The zero-order valence-electron chi connectivity index (χ0n) is 8.61. The minimum absolute atomic E-state index is 0.0985. The van der Waals surface area contributed by atoms with Crippen molar-refractivity contribution in [3.05, 3.63) is 17.9 Å². The summed E-state index contributed by atoms with van der Waals surface area (Å²) in [6.45, 7) is 3.85. The monoisotopic (exact) mass is 211 g/mol. The first kappa shape index (κ1) is 10.2. The van der Waals surface area contributed by atoms with Crippen molar-refractivity contribution < 1.29 is 9.13 Å². The van der Waals surface area contributed by atoms with Crippen molar-refractivity contribution in [1.82, 2.24) is 4.98 Å². The van der Waals surface area contributed by atoms with Gasteiger partial charge in [-0.3, -0.25) is 0 Å². The van der Waals surface area contributed by atoms with Gasteiger partial charge in [0.05, 0.1) is 12.7 Å². The number of nitrogens with zero attached hydrogens (tertiary/aromatic N) is 2. The number of aromatic nitrogens is 1. The van der Waals surface area contributed by atoms with Crippen LogP contribution in [0.4, 0.5) is 16.0 Å². The molecule has 4 nitrogen and oxygen atoms in total. The second kappa shape index (κ2) is 4.02. The van der Waals surface area contributed by atoms with E-state index in [0.29, 0.717) is 31.3 Å². The van der Waals surface area contributed by atoms with Crippen molar-refractivity contribution in [3.8, 4) is 0 Å². The Labute approximate surface area is 87.8 Å². The normalized spacial score (nSPS) is 21.7. The summed E-state index contributed by atoms with van der Waals surface area (Å²) in [5.41, 5.74) is 5.53. The van der Waals surface area contributed by atoms with Crippen molar-refractivity contribution in [1.29, 1.82) is 0 Å². The Hall–Kier alpha value is -1.36. The Bertz CT molecular complexity index is 359. The highest BCUT2D eigenvalue weighted by Gasteiger charge is 2.20. The largest absolute Gasteiger partial charge is 0.384 e. The van der Waals surface area contributed by atoms with Gasteiger partial charge in [-0.05, 0) is 19.1 Å². The van der Waals surface area contributed by atoms with E-state index in [9.17, 15) is 4.39 Å². The second-order valence-corrected chi connectivity index (χ2v) is 3.67. The van der Waals surface area contributed by atoms with Gasteiger partial charge in [0.1, 0.15) is 5.82 Å². The maximum Gasteiger partial charge on any atom is 0.167 e. The summed E-state index contributed by atoms with van der Waals surface area (Å²) in [5.74, 6) is 0.328. The van der Waals surface area contributed by atoms with E-state index < -0.39 is 0 Å². The number of anilines is 2. The lowest BCUT2D eigenvalue weighted by atomic mass is 10.3. The van der Waals surface area contributed by atoms with Crippen LogP contribution in [0, 0.1) is 5.82 Å². The van der Waals surface area contributed by atoms with Gasteiger partial charge in [0.25, 0.3) is 0 Å². The fourth-order valence-electron chi connectivity index (χ4n) is 1.68. The maximum atomic E-state index is 13.5. The Morgan fingerprint density at radius 2 is 2.40 bits per heavy atom. The molecule has 1 aliphatic heterocycles. The fraction of sp³-hybridized carbons (Fsp3) is 0.500. The van der Waals surface area contributed by atoms with Gasteiger partial charge in [-0.1, -0.05) is 0 Å². The number of pyridine rings is 1. The molecule has 0 bridgehead atoms. The van der Waals surface area contributed by atoms with E-state index >= 15 is 0 Å². The summed E-state index contributed by atoms with van der Waals surface area (Å²) in [4.78, 5) is 5.86. The maximum absolute atomic E-state index is 13.5. The van der Waals surface area contributed by atoms with E-state index in [-0.39, 0.29) is 11.9 Å². The molecule has 1 atom stereocenters. The minimum atomic E-state index is -0.335. The van der Waals surface area contributed by atoms with Crippen LogP contribution in [0.15, 0.2) is 12.1 Å². The van der Waals surface area contributed by atoms with E-state index in [4.69, 9.17) is 10.5 Å². The molecule has 15 heavy (non-hydrogen) atoms. The standard InChI is InChI=1S/C10H14FN3O/c1-7-6-14(4-5-15-7)10-8(11)2-3-9(12)13-10/h2-3,7H,4-6H2,1H3,(H2,12,13)/t7-/m1/s1. The number of nitrogen functional groups attached to an aromatic ring is 1. The van der Waals surface area contributed by atoms with Crippen molar-refractivity contribution in [2.75, 3.05) is 30.3 Å². The van der Waals surface area contributed by atoms with E-state index in [0.717, 1.165) is 0 Å². The average molecular weight is 211 g/mol. The summed E-state index contributed by atoms with van der Waals surface area (Å²) in [6, 6.07) is 2.81. The van der Waals surface area contributed by atoms with Gasteiger partial charge >= 0.3 is 0 Å². The molecule has 1 aliphatic rings. The smallest absolute Gasteiger partial charge is 0.167 e. The van der Waals surface area contributed by atoms with E-state index in [2.05, 4.69) is 4.98 Å². The summed E-state index contributed by atoms with van der Waals surface area (Å²) in [7, 11) is 0. The Balaban J connectivity index is 2.24. The molecule has 0 spiro atoms. The molecule has 82 valence electrons. The Morgan fingerprint density at radius 1 is 1.60 bits per heavy atom. The lowest BCUT2D eigenvalue weighted by Gasteiger charge is -2.32. The molecule has 0 saturated carbocycles. The number of rotatable bonds is 1. The van der Waals surface area contributed by atoms with Crippen molar-refractivity contribution in [2.45, 2.75) is 13.0 Å². The van der Waals surface area contributed by atoms with E-state index in [1.165, 1.54) is 12.1 Å². The van der Waals surface area contributed by atoms with Crippen molar-refractivity contribution in [2.24, 2.45) is 0 Å². The first-order valence-electron chi connectivity index (χ1n) is 4.95. The molecule has 2 rings (SSSR count). The highest BCUT2D eigenvalue weighted by molar-refractivity contribution is 5.46. The van der Waals surface area contributed by atoms with Crippen LogP contribution < -0.4 is 10.6 Å². The molecule has 0 radical (unpaired) electrons. The van der Waals surface area contributed by atoms with E-state index in [1.807, 2.05) is 11.8 Å². The molecule has 5 heteroatoms. The Kier molecular flexibility index (Phi) is 2.73. The van der Waals surface area contributed by atoms with Crippen LogP contribution in [-0.2, 0) is 4.74 Å². The predicted molar refractivity (Wildman–Crippen MR) is 56.2 cm³/mol. The van der Waals surface area contributed by atoms with Crippen molar-refractivity contribution in [3.63, 3.8) is 0 Å². The molecule has 1 aromatic rings. The third kappa shape index (κ3) is 2.18. The lowest BCUT2D eigenvalue weighted by molar-refractivity contribution is 0.0527. The number of ether oxygens (including phenoxy) is 1. The summed E-state index contributed by atoms with van der Waals surface area (Å²) in [6.07, 6.45) is 0.0985. The predicted octanol–water partition coefficient (Wildman–Crippen LogP) is 1.03. The fourth-order valence-corrected chi connectivity index (χ4v) is 1.68. The lowest BCUT2D eigenvalue weighted by Crippen LogP contribution is -2.42. The summed E-state index contributed by atoms with van der Waals surface area (Å²) >= 11 is 0. The molecule has 1 aromatic heterocycles. The van der Waals surface area contributed by atoms with Crippen LogP contribution in [0.3, 0.4) is 0 Å². The molecule has 1 fully saturated rings. The molecule has 2 heterocycles. The molecule has 0 amide bonds. The average Bonchev–Trinajstić information content (AvgIpc) is 2.22. The third-order valence-electron chi connectivity index (χ3n) is 2.39. The Morgan fingerprint density at radius 3 is 3.13 bits per heavy atom. The first-order chi connectivity index (χ1) is 7.16. The number of morpholine rings is 1. The first-order valence-corrected chi connectivity index (χ1v) is 4.95. The van der Waals surface area contributed by atoms with Crippen LogP contribution in [0.2, 0.25) is 0 Å². The zero-order valence-corrected chi connectivity index (χ0v) is 8.61. The van der Waals surface area contributed by atoms with E-state index in [1.54, 1.807) is 0 Å². The van der Waals surface area contributed by atoms with Gasteiger partial charge in [-0.15, -0.1) is 0 Å². The van der Waals surface area contributed by atoms with Crippen LogP contribution in [-0.4, -0.2) is 30.8 Å². The van der Waals surface area contributed by atoms with Crippen LogP contribution >= 0.6 is 0 Å². The SMILES string of the molecule is C[C@@H]1CN(c2nc(N)ccc2F)CCO1. The summed E-state index contributed by atoms with van der Waals surface area (Å²) in [5, 5.41) is 0. The van der Waals surface area contributed by atoms with Gasteiger partial charge in [-0.2, -0.15) is 0 Å². The van der Waals surface area contributed by atoms with Gasteiger partial charge < -0.3 is 15.4 Å². The molecule has 1 saturated heterocycles. The number of nitrogens with two attached hydrogens (primary N) is 1. The topological polar surface area (TPSA) is 51.4 Å². The molecular weight excluding hydrogens is 197 g/mol. The molecule has 0 aromatic carbocycles. The van der Waals surface area contributed by atoms with Gasteiger partial charge in [0.2, 0.25) is 0 Å². The van der Waals surface area contributed by atoms with Crippen LogP contribution in [0.1, 0.15) is 6.92 Å². The van der Waals surface area contributed by atoms with Gasteiger partial charge in [0, 0.05) is 13.1 Å². The third-order valence-corrected chi connectivity index (χ3v) is 2.39. The molecule has 2 N–H and O–H groups in total. The van der Waals surface area contributed by atoms with Crippen LogP contribution in [0.25, 0.3) is 0 Å². The van der Waals surface area contributed by atoms with Crippen LogP contribution in [0.5, 0.6) is 0 Å². The number of hydrogen-bond donors (Lipinski definition) is 1.